The fraction of sp³-hybridized carbons (Fsp3) is 1.00. The van der Waals surface area contributed by atoms with E-state index in [1.54, 1.807) is 0 Å². The average molecular weight is 168 g/mol. The molecule has 0 bridgehead atoms. The summed E-state index contributed by atoms with van der Waals surface area (Å²) >= 11 is 0. The molecule has 1 unspecified atom stereocenters. The second-order valence-electron chi connectivity index (χ2n) is 4.24. The van der Waals surface area contributed by atoms with E-state index < -0.39 is 0 Å². The summed E-state index contributed by atoms with van der Waals surface area (Å²) in [5.41, 5.74) is 5.80. The third kappa shape index (κ3) is 1.80. The molecular weight excluding hydrogens is 148 g/mol. The van der Waals surface area contributed by atoms with Crippen LogP contribution in [0.25, 0.3) is 0 Å². The Kier molecular flexibility index (Phi) is 2.66. The summed E-state index contributed by atoms with van der Waals surface area (Å²) in [4.78, 5) is 2.63. The number of likely N-dealkylation sites (tertiary alicyclic amines) is 1. The van der Waals surface area contributed by atoms with Crippen LogP contribution in [0.15, 0.2) is 0 Å². The van der Waals surface area contributed by atoms with Crippen molar-refractivity contribution in [3.05, 3.63) is 0 Å². The van der Waals surface area contributed by atoms with Crippen LogP contribution in [0.1, 0.15) is 32.1 Å². The Morgan fingerprint density at radius 1 is 1.17 bits per heavy atom. The van der Waals surface area contributed by atoms with E-state index in [1.807, 2.05) is 0 Å². The van der Waals surface area contributed by atoms with Crippen molar-refractivity contribution >= 4 is 0 Å². The summed E-state index contributed by atoms with van der Waals surface area (Å²) in [6.07, 6.45) is 7.07. The van der Waals surface area contributed by atoms with Crippen LogP contribution in [0.2, 0.25) is 0 Å². The van der Waals surface area contributed by atoms with E-state index in [4.69, 9.17) is 5.73 Å². The van der Waals surface area contributed by atoms with Gasteiger partial charge >= 0.3 is 0 Å². The fourth-order valence-corrected chi connectivity index (χ4v) is 2.37. The van der Waals surface area contributed by atoms with E-state index in [0.29, 0.717) is 0 Å². The maximum Gasteiger partial charge on any atom is 0.0246 e. The van der Waals surface area contributed by atoms with Crippen molar-refractivity contribution in [2.75, 3.05) is 19.6 Å². The second-order valence-corrected chi connectivity index (χ2v) is 4.24. The van der Waals surface area contributed by atoms with Gasteiger partial charge in [0.05, 0.1) is 0 Å². The van der Waals surface area contributed by atoms with Crippen molar-refractivity contribution in [2.24, 2.45) is 11.7 Å². The molecule has 1 saturated heterocycles. The minimum absolute atomic E-state index is 0.727. The predicted octanol–water partition coefficient (Wildman–Crippen LogP) is 1.21. The number of nitrogens with zero attached hydrogens (tertiary/aromatic N) is 1. The average Bonchev–Trinajstić information content (AvgIpc) is 2.92. The molecule has 1 atom stereocenters. The lowest BCUT2D eigenvalue weighted by Crippen LogP contribution is -2.44. The van der Waals surface area contributed by atoms with E-state index in [9.17, 15) is 0 Å². The highest BCUT2D eigenvalue weighted by atomic mass is 15.2. The molecule has 2 N–H and O–H groups in total. The molecule has 70 valence electrons. The zero-order valence-corrected chi connectivity index (χ0v) is 7.84. The first-order valence-electron chi connectivity index (χ1n) is 5.36. The molecule has 2 fully saturated rings. The number of hydrogen-bond donors (Lipinski definition) is 1. The third-order valence-corrected chi connectivity index (χ3v) is 3.27. The van der Waals surface area contributed by atoms with Crippen molar-refractivity contribution < 1.29 is 0 Å². The van der Waals surface area contributed by atoms with Gasteiger partial charge in [-0.25, -0.2) is 0 Å². The molecule has 0 spiro atoms. The van der Waals surface area contributed by atoms with Gasteiger partial charge < -0.3 is 5.73 Å². The zero-order chi connectivity index (χ0) is 8.39. The van der Waals surface area contributed by atoms with Crippen LogP contribution in [0, 0.1) is 5.92 Å². The van der Waals surface area contributed by atoms with Crippen LogP contribution >= 0.6 is 0 Å². The molecule has 0 aromatic carbocycles. The highest BCUT2D eigenvalue weighted by Crippen LogP contribution is 2.35. The lowest BCUT2D eigenvalue weighted by Gasteiger charge is -2.34. The molecule has 1 saturated carbocycles. The fourth-order valence-electron chi connectivity index (χ4n) is 2.37. The van der Waals surface area contributed by atoms with Crippen LogP contribution in [0.3, 0.4) is 0 Å². The Morgan fingerprint density at radius 3 is 2.33 bits per heavy atom. The smallest absolute Gasteiger partial charge is 0.0246 e. The van der Waals surface area contributed by atoms with Gasteiger partial charge in [0.15, 0.2) is 0 Å². The highest BCUT2D eigenvalue weighted by molar-refractivity contribution is 4.89. The van der Waals surface area contributed by atoms with Gasteiger partial charge in [0.2, 0.25) is 0 Å². The molecule has 0 aromatic heterocycles. The van der Waals surface area contributed by atoms with E-state index in [-0.39, 0.29) is 0 Å². The van der Waals surface area contributed by atoms with E-state index in [1.165, 1.54) is 45.2 Å². The standard InChI is InChI=1S/C10H20N2/c11-8-10(9-4-5-9)12-6-2-1-3-7-12/h9-10H,1-8,11H2. The van der Waals surface area contributed by atoms with Crippen molar-refractivity contribution in [1.82, 2.24) is 4.90 Å². The van der Waals surface area contributed by atoms with E-state index >= 15 is 0 Å². The number of nitrogens with two attached hydrogens (primary N) is 1. The monoisotopic (exact) mass is 168 g/mol. The van der Waals surface area contributed by atoms with Gasteiger partial charge in [0.1, 0.15) is 0 Å². The molecule has 2 heteroatoms. The van der Waals surface area contributed by atoms with Crippen LogP contribution in [-0.4, -0.2) is 30.6 Å². The highest BCUT2D eigenvalue weighted by Gasteiger charge is 2.34. The minimum atomic E-state index is 0.727. The lowest BCUT2D eigenvalue weighted by molar-refractivity contribution is 0.151. The third-order valence-electron chi connectivity index (χ3n) is 3.27. The van der Waals surface area contributed by atoms with E-state index in [2.05, 4.69) is 4.90 Å². The summed E-state index contributed by atoms with van der Waals surface area (Å²) in [6.45, 7) is 3.49. The first-order chi connectivity index (χ1) is 5.92. The summed E-state index contributed by atoms with van der Waals surface area (Å²) in [5, 5.41) is 0. The minimum Gasteiger partial charge on any atom is -0.329 e. The SMILES string of the molecule is NCC(C1CC1)N1CCCCC1. The molecule has 1 heterocycles. The molecule has 0 aromatic rings. The first-order valence-corrected chi connectivity index (χ1v) is 5.36. The van der Waals surface area contributed by atoms with Gasteiger partial charge in [0.25, 0.3) is 0 Å². The largest absolute Gasteiger partial charge is 0.329 e. The van der Waals surface area contributed by atoms with Crippen molar-refractivity contribution in [2.45, 2.75) is 38.1 Å². The van der Waals surface area contributed by atoms with Crippen LogP contribution in [0.4, 0.5) is 0 Å². The molecule has 0 amide bonds. The molecule has 1 aliphatic carbocycles. The molecule has 2 nitrogen and oxygen atoms in total. The summed E-state index contributed by atoms with van der Waals surface area (Å²) in [5.74, 6) is 0.952. The van der Waals surface area contributed by atoms with Crippen molar-refractivity contribution in [3.8, 4) is 0 Å². The summed E-state index contributed by atoms with van der Waals surface area (Å²) in [7, 11) is 0. The normalized spacial score (nSPS) is 28.8. The van der Waals surface area contributed by atoms with Gasteiger partial charge in [-0.15, -0.1) is 0 Å². The Balaban J connectivity index is 1.85. The lowest BCUT2D eigenvalue weighted by atomic mass is 10.1. The zero-order valence-electron chi connectivity index (χ0n) is 7.84. The predicted molar refractivity (Wildman–Crippen MR) is 51.0 cm³/mol. The molecule has 0 radical (unpaired) electrons. The summed E-state index contributed by atoms with van der Waals surface area (Å²) in [6, 6.07) is 0.727. The van der Waals surface area contributed by atoms with Crippen LogP contribution < -0.4 is 5.73 Å². The van der Waals surface area contributed by atoms with E-state index in [0.717, 1.165) is 18.5 Å². The van der Waals surface area contributed by atoms with Gasteiger partial charge in [-0.1, -0.05) is 6.42 Å². The van der Waals surface area contributed by atoms with Gasteiger partial charge in [-0.2, -0.15) is 0 Å². The number of rotatable bonds is 3. The van der Waals surface area contributed by atoms with Gasteiger partial charge in [-0.05, 0) is 44.7 Å². The molecule has 12 heavy (non-hydrogen) atoms. The number of hydrogen-bond acceptors (Lipinski definition) is 2. The Labute approximate surface area is 75.1 Å². The topological polar surface area (TPSA) is 29.3 Å². The molecule has 1 aliphatic heterocycles. The first kappa shape index (κ1) is 8.52. The van der Waals surface area contributed by atoms with Crippen LogP contribution in [0.5, 0.6) is 0 Å². The molecule has 2 rings (SSSR count). The maximum absolute atomic E-state index is 5.80. The Bertz CT molecular complexity index is 137. The Hall–Kier alpha value is -0.0800. The van der Waals surface area contributed by atoms with Gasteiger partial charge in [0, 0.05) is 12.6 Å². The van der Waals surface area contributed by atoms with Crippen molar-refractivity contribution in [3.63, 3.8) is 0 Å². The number of piperidine rings is 1. The molecule has 2 aliphatic rings. The quantitative estimate of drug-likeness (QED) is 0.686. The van der Waals surface area contributed by atoms with Gasteiger partial charge in [-0.3, -0.25) is 4.90 Å². The summed E-state index contributed by atoms with van der Waals surface area (Å²) < 4.78 is 0. The van der Waals surface area contributed by atoms with Crippen molar-refractivity contribution in [1.29, 1.82) is 0 Å². The Morgan fingerprint density at radius 2 is 1.83 bits per heavy atom. The second kappa shape index (κ2) is 3.75. The van der Waals surface area contributed by atoms with Crippen LogP contribution in [-0.2, 0) is 0 Å². The molecular formula is C10H20N2. The maximum atomic E-state index is 5.80.